The van der Waals surface area contributed by atoms with E-state index < -0.39 is 0 Å². The summed E-state index contributed by atoms with van der Waals surface area (Å²) in [6.45, 7) is 0.724. The van der Waals surface area contributed by atoms with Gasteiger partial charge in [0.15, 0.2) is 0 Å². The summed E-state index contributed by atoms with van der Waals surface area (Å²) in [6, 6.07) is 7.57. The molecular weight excluding hydrogens is 316 g/mol. The van der Waals surface area contributed by atoms with Gasteiger partial charge in [-0.05, 0) is 31.0 Å². The Hall–Kier alpha value is -2.89. The Morgan fingerprint density at radius 3 is 2.84 bits per heavy atom. The Kier molecular flexibility index (Phi) is 2.92. The lowest BCUT2D eigenvalue weighted by Crippen LogP contribution is -2.50. The molecule has 1 saturated carbocycles. The third-order valence-electron chi connectivity index (χ3n) is 5.55. The lowest BCUT2D eigenvalue weighted by atomic mass is 9.64. The topological polar surface area (TPSA) is 79.9 Å². The van der Waals surface area contributed by atoms with Crippen molar-refractivity contribution < 1.29 is 9.53 Å². The van der Waals surface area contributed by atoms with Crippen LogP contribution in [0.4, 0.5) is 0 Å². The zero-order valence-electron chi connectivity index (χ0n) is 13.9. The maximum atomic E-state index is 12.3. The summed E-state index contributed by atoms with van der Waals surface area (Å²) in [5.41, 5.74) is 5.31. The van der Waals surface area contributed by atoms with Gasteiger partial charge >= 0.3 is 0 Å². The molecule has 4 heterocycles. The Bertz CT molecular complexity index is 1000. The molecule has 0 saturated heterocycles. The van der Waals surface area contributed by atoms with Crippen molar-refractivity contribution in [3.63, 3.8) is 0 Å². The van der Waals surface area contributed by atoms with Crippen molar-refractivity contribution in [2.24, 2.45) is 0 Å². The Balaban J connectivity index is 1.71. The van der Waals surface area contributed by atoms with Crippen LogP contribution in [0.25, 0.3) is 22.3 Å². The van der Waals surface area contributed by atoms with Crippen LogP contribution in [0.2, 0.25) is 0 Å². The molecule has 2 aliphatic rings. The maximum absolute atomic E-state index is 12.3. The fourth-order valence-corrected chi connectivity index (χ4v) is 4.00. The first-order chi connectivity index (χ1) is 12.2. The number of rotatable bonds is 2. The number of carbonyl (C=O) groups excluding carboxylic acids is 1. The van der Waals surface area contributed by atoms with Crippen molar-refractivity contribution in [1.29, 1.82) is 0 Å². The van der Waals surface area contributed by atoms with Crippen LogP contribution in [0.5, 0.6) is 5.88 Å². The first kappa shape index (κ1) is 14.5. The third kappa shape index (κ3) is 2.00. The van der Waals surface area contributed by atoms with Crippen LogP contribution in [-0.4, -0.2) is 34.5 Å². The van der Waals surface area contributed by atoms with Gasteiger partial charge in [-0.15, -0.1) is 0 Å². The van der Waals surface area contributed by atoms with Crippen molar-refractivity contribution in [3.8, 4) is 17.1 Å². The highest BCUT2D eigenvalue weighted by molar-refractivity contribution is 6.00. The number of fused-ring (bicyclic) bond motifs is 3. The second-order valence-electron chi connectivity index (χ2n) is 6.87. The van der Waals surface area contributed by atoms with E-state index in [1.165, 1.54) is 6.42 Å². The number of ether oxygens (including phenoxy) is 1. The van der Waals surface area contributed by atoms with Crippen LogP contribution in [0.15, 0.2) is 30.5 Å². The van der Waals surface area contributed by atoms with Gasteiger partial charge in [0.05, 0.1) is 18.2 Å². The van der Waals surface area contributed by atoms with E-state index in [4.69, 9.17) is 4.74 Å². The number of nitrogens with one attached hydrogen (secondary N) is 2. The molecule has 1 amide bonds. The minimum absolute atomic E-state index is 0.000994. The summed E-state index contributed by atoms with van der Waals surface area (Å²) in [5, 5.41) is 3.04. The molecule has 25 heavy (non-hydrogen) atoms. The summed E-state index contributed by atoms with van der Waals surface area (Å²) in [6.07, 6.45) is 5.21. The largest absolute Gasteiger partial charge is 0.481 e. The first-order valence-corrected chi connectivity index (χ1v) is 8.52. The highest BCUT2D eigenvalue weighted by Crippen LogP contribution is 2.47. The molecular formula is C19H18N4O2. The summed E-state index contributed by atoms with van der Waals surface area (Å²) in [4.78, 5) is 24.8. The summed E-state index contributed by atoms with van der Waals surface area (Å²) in [7, 11) is 1.60. The van der Waals surface area contributed by atoms with E-state index in [2.05, 4.69) is 20.3 Å². The van der Waals surface area contributed by atoms with Crippen LogP contribution in [0.1, 0.15) is 35.3 Å². The number of aromatic nitrogens is 3. The molecule has 0 aromatic carbocycles. The van der Waals surface area contributed by atoms with E-state index in [1.54, 1.807) is 19.4 Å². The number of H-pyrrole nitrogens is 1. The average Bonchev–Trinajstić information content (AvgIpc) is 3.06. The molecule has 2 N–H and O–H groups in total. The van der Waals surface area contributed by atoms with E-state index in [9.17, 15) is 4.79 Å². The number of amides is 1. The smallest absolute Gasteiger partial charge is 0.253 e. The van der Waals surface area contributed by atoms with E-state index in [0.717, 1.165) is 52.9 Å². The highest BCUT2D eigenvalue weighted by Gasteiger charge is 2.45. The van der Waals surface area contributed by atoms with E-state index >= 15 is 0 Å². The third-order valence-corrected chi connectivity index (χ3v) is 5.55. The zero-order chi connectivity index (χ0) is 17.0. The number of hydrogen-bond donors (Lipinski definition) is 2. The summed E-state index contributed by atoms with van der Waals surface area (Å²) < 4.78 is 5.26. The van der Waals surface area contributed by atoms with Gasteiger partial charge < -0.3 is 15.0 Å². The molecule has 1 fully saturated rings. The molecule has 6 heteroatoms. The van der Waals surface area contributed by atoms with Gasteiger partial charge in [0.1, 0.15) is 5.52 Å². The van der Waals surface area contributed by atoms with Crippen LogP contribution in [0, 0.1) is 0 Å². The predicted molar refractivity (Wildman–Crippen MR) is 93.7 cm³/mol. The van der Waals surface area contributed by atoms with Crippen molar-refractivity contribution in [3.05, 3.63) is 41.7 Å². The average molecular weight is 334 g/mol. The van der Waals surface area contributed by atoms with E-state index in [1.807, 2.05) is 18.2 Å². The van der Waals surface area contributed by atoms with Gasteiger partial charge in [0, 0.05) is 41.2 Å². The van der Waals surface area contributed by atoms with Crippen molar-refractivity contribution >= 4 is 16.9 Å². The van der Waals surface area contributed by atoms with Crippen molar-refractivity contribution in [1.82, 2.24) is 20.3 Å². The SMILES string of the molecule is COc1ccc2nccc(-c3cc4c([nH]3)C3(CCC3)CNC4=O)c2n1. The van der Waals surface area contributed by atoms with Gasteiger partial charge in [0.25, 0.3) is 5.91 Å². The molecule has 1 aliphatic heterocycles. The number of hydrogen-bond acceptors (Lipinski definition) is 4. The molecule has 1 spiro atoms. The second kappa shape index (κ2) is 5.05. The maximum Gasteiger partial charge on any atom is 0.253 e. The Morgan fingerprint density at radius 1 is 1.20 bits per heavy atom. The first-order valence-electron chi connectivity index (χ1n) is 8.52. The molecule has 1 aliphatic carbocycles. The normalized spacial score (nSPS) is 17.9. The molecule has 0 unspecified atom stereocenters. The van der Waals surface area contributed by atoms with Crippen LogP contribution >= 0.6 is 0 Å². The second-order valence-corrected chi connectivity index (χ2v) is 6.87. The molecule has 5 rings (SSSR count). The minimum atomic E-state index is -0.000994. The van der Waals surface area contributed by atoms with E-state index in [-0.39, 0.29) is 11.3 Å². The fourth-order valence-electron chi connectivity index (χ4n) is 4.00. The Morgan fingerprint density at radius 2 is 2.08 bits per heavy atom. The highest BCUT2D eigenvalue weighted by atomic mass is 16.5. The van der Waals surface area contributed by atoms with Gasteiger partial charge in [-0.1, -0.05) is 6.42 Å². The number of nitrogens with zero attached hydrogens (tertiary/aromatic N) is 2. The zero-order valence-corrected chi connectivity index (χ0v) is 13.9. The number of methoxy groups -OCH3 is 1. The molecule has 126 valence electrons. The molecule has 0 bridgehead atoms. The van der Waals surface area contributed by atoms with Crippen molar-refractivity contribution in [2.45, 2.75) is 24.7 Å². The number of pyridine rings is 2. The van der Waals surface area contributed by atoms with Crippen LogP contribution < -0.4 is 10.1 Å². The lowest BCUT2D eigenvalue weighted by molar-refractivity contribution is 0.0893. The quantitative estimate of drug-likeness (QED) is 0.755. The minimum Gasteiger partial charge on any atom is -0.481 e. The van der Waals surface area contributed by atoms with Gasteiger partial charge in [-0.3, -0.25) is 9.78 Å². The lowest BCUT2D eigenvalue weighted by Gasteiger charge is -2.44. The Labute approximate surface area is 144 Å². The van der Waals surface area contributed by atoms with Crippen molar-refractivity contribution in [2.75, 3.05) is 13.7 Å². The standard InChI is InChI=1S/C19H18N4O2/c1-25-15-4-3-13-16(23-15)11(5-8-20-13)14-9-12-17(22-14)19(6-2-7-19)10-21-18(12)24/h3-5,8-9,22H,2,6-7,10H2,1H3,(H,21,24). The number of aromatic amines is 1. The van der Waals surface area contributed by atoms with E-state index in [0.29, 0.717) is 5.88 Å². The van der Waals surface area contributed by atoms with Crippen LogP contribution in [0.3, 0.4) is 0 Å². The monoisotopic (exact) mass is 334 g/mol. The molecule has 0 radical (unpaired) electrons. The molecule has 3 aromatic heterocycles. The molecule has 0 atom stereocenters. The summed E-state index contributed by atoms with van der Waals surface area (Å²) >= 11 is 0. The molecule has 6 nitrogen and oxygen atoms in total. The van der Waals surface area contributed by atoms with Gasteiger partial charge in [0.2, 0.25) is 5.88 Å². The fraction of sp³-hybridized carbons (Fsp3) is 0.316. The van der Waals surface area contributed by atoms with Crippen LogP contribution in [-0.2, 0) is 5.41 Å². The van der Waals surface area contributed by atoms with Gasteiger partial charge in [-0.25, -0.2) is 4.98 Å². The summed E-state index contributed by atoms with van der Waals surface area (Å²) in [5.74, 6) is 0.546. The molecule has 3 aromatic rings. The van der Waals surface area contributed by atoms with Gasteiger partial charge in [-0.2, -0.15) is 0 Å². The number of carbonyl (C=O) groups is 1. The predicted octanol–water partition coefficient (Wildman–Crippen LogP) is 2.80.